The first-order valence-electron chi connectivity index (χ1n) is 4.16. The minimum atomic E-state index is -0.983. The van der Waals surface area contributed by atoms with Gasteiger partial charge in [0.25, 0.3) is 5.91 Å². The SMILES string of the molecule is NC(=O)NC(=O)COc1cc(Br)ccc1F. The number of ether oxygens (including phenoxy) is 1. The molecule has 1 aromatic carbocycles. The zero-order chi connectivity index (χ0) is 12.1. The number of halogens is 2. The van der Waals surface area contributed by atoms with E-state index < -0.39 is 24.4 Å². The van der Waals surface area contributed by atoms with Crippen LogP contribution in [0.4, 0.5) is 9.18 Å². The minimum Gasteiger partial charge on any atom is -0.481 e. The van der Waals surface area contributed by atoms with Gasteiger partial charge in [-0.1, -0.05) is 15.9 Å². The summed E-state index contributed by atoms with van der Waals surface area (Å²) in [5.74, 6) is -1.43. The van der Waals surface area contributed by atoms with Crippen LogP contribution in [-0.4, -0.2) is 18.5 Å². The van der Waals surface area contributed by atoms with Gasteiger partial charge in [-0.15, -0.1) is 0 Å². The van der Waals surface area contributed by atoms with Gasteiger partial charge < -0.3 is 10.5 Å². The van der Waals surface area contributed by atoms with Gasteiger partial charge in [0.2, 0.25) is 0 Å². The number of urea groups is 1. The van der Waals surface area contributed by atoms with E-state index in [-0.39, 0.29) is 5.75 Å². The van der Waals surface area contributed by atoms with Crippen molar-refractivity contribution in [1.82, 2.24) is 5.32 Å². The van der Waals surface area contributed by atoms with Crippen LogP contribution >= 0.6 is 15.9 Å². The van der Waals surface area contributed by atoms with Crippen molar-refractivity contribution in [2.24, 2.45) is 5.73 Å². The Balaban J connectivity index is 2.57. The van der Waals surface area contributed by atoms with Gasteiger partial charge in [-0.2, -0.15) is 0 Å². The molecule has 0 aliphatic rings. The van der Waals surface area contributed by atoms with E-state index in [1.54, 1.807) is 5.32 Å². The lowest BCUT2D eigenvalue weighted by molar-refractivity contribution is -0.121. The molecule has 0 saturated carbocycles. The molecule has 0 bridgehead atoms. The Morgan fingerprint density at radius 1 is 1.50 bits per heavy atom. The highest BCUT2D eigenvalue weighted by Gasteiger charge is 2.08. The summed E-state index contributed by atoms with van der Waals surface area (Å²) < 4.78 is 18.6. The van der Waals surface area contributed by atoms with E-state index >= 15 is 0 Å². The molecule has 86 valence electrons. The summed E-state index contributed by atoms with van der Waals surface area (Å²) in [4.78, 5) is 21.2. The normalized spacial score (nSPS) is 9.62. The van der Waals surface area contributed by atoms with E-state index in [0.29, 0.717) is 4.47 Å². The molecule has 1 rings (SSSR count). The molecule has 0 fully saturated rings. The van der Waals surface area contributed by atoms with Crippen molar-refractivity contribution in [3.63, 3.8) is 0 Å². The molecule has 1 aromatic rings. The summed E-state index contributed by atoms with van der Waals surface area (Å²) in [7, 11) is 0. The molecule has 0 aliphatic carbocycles. The van der Waals surface area contributed by atoms with Gasteiger partial charge >= 0.3 is 6.03 Å². The van der Waals surface area contributed by atoms with E-state index in [9.17, 15) is 14.0 Å². The number of primary amides is 1. The monoisotopic (exact) mass is 290 g/mol. The smallest absolute Gasteiger partial charge is 0.318 e. The minimum absolute atomic E-state index is 0.0889. The van der Waals surface area contributed by atoms with Crippen LogP contribution in [0.25, 0.3) is 0 Å². The molecule has 5 nitrogen and oxygen atoms in total. The third-order valence-electron chi connectivity index (χ3n) is 1.51. The molecular weight excluding hydrogens is 283 g/mol. The van der Waals surface area contributed by atoms with Crippen LogP contribution in [0.15, 0.2) is 22.7 Å². The van der Waals surface area contributed by atoms with Crippen molar-refractivity contribution in [3.8, 4) is 5.75 Å². The first-order chi connectivity index (χ1) is 7.49. The Kier molecular flexibility index (Phi) is 4.24. The Hall–Kier alpha value is -1.63. The number of carbonyl (C=O) groups is 2. The third-order valence-corrected chi connectivity index (χ3v) is 2.01. The molecule has 0 unspecified atom stereocenters. The molecule has 16 heavy (non-hydrogen) atoms. The highest BCUT2D eigenvalue weighted by Crippen LogP contribution is 2.21. The van der Waals surface area contributed by atoms with Crippen LogP contribution in [0.3, 0.4) is 0 Å². The number of carbonyl (C=O) groups excluding carboxylic acids is 2. The largest absolute Gasteiger partial charge is 0.481 e. The number of rotatable bonds is 3. The van der Waals surface area contributed by atoms with E-state index in [1.165, 1.54) is 18.2 Å². The maximum absolute atomic E-state index is 13.1. The van der Waals surface area contributed by atoms with Crippen molar-refractivity contribution < 1.29 is 18.7 Å². The molecule has 0 spiro atoms. The zero-order valence-corrected chi connectivity index (χ0v) is 9.58. The van der Waals surface area contributed by atoms with E-state index in [1.807, 2.05) is 0 Å². The number of imide groups is 1. The summed E-state index contributed by atoms with van der Waals surface area (Å²) in [6.45, 7) is -0.490. The number of nitrogens with two attached hydrogens (primary N) is 1. The van der Waals surface area contributed by atoms with Crippen molar-refractivity contribution in [3.05, 3.63) is 28.5 Å². The Labute approximate surface area is 98.9 Å². The van der Waals surface area contributed by atoms with Gasteiger partial charge in [-0.3, -0.25) is 10.1 Å². The summed E-state index contributed by atoms with van der Waals surface area (Å²) >= 11 is 3.12. The Bertz CT molecular complexity index is 425. The highest BCUT2D eigenvalue weighted by molar-refractivity contribution is 9.10. The van der Waals surface area contributed by atoms with Gasteiger partial charge in [-0.05, 0) is 18.2 Å². The average Bonchev–Trinajstić information content (AvgIpc) is 2.18. The molecule has 7 heteroatoms. The molecule has 0 atom stereocenters. The van der Waals surface area contributed by atoms with Crippen LogP contribution in [0.5, 0.6) is 5.75 Å². The molecule has 0 aromatic heterocycles. The van der Waals surface area contributed by atoms with Crippen molar-refractivity contribution >= 4 is 27.9 Å². The number of benzene rings is 1. The van der Waals surface area contributed by atoms with Crippen LogP contribution in [0.1, 0.15) is 0 Å². The number of hydrogen-bond acceptors (Lipinski definition) is 3. The lowest BCUT2D eigenvalue weighted by Crippen LogP contribution is -2.38. The van der Waals surface area contributed by atoms with Gasteiger partial charge in [-0.25, -0.2) is 9.18 Å². The predicted molar refractivity (Wildman–Crippen MR) is 57.3 cm³/mol. The first kappa shape index (κ1) is 12.4. The van der Waals surface area contributed by atoms with Gasteiger partial charge in [0.1, 0.15) is 0 Å². The quantitative estimate of drug-likeness (QED) is 0.876. The fraction of sp³-hybridized carbons (Fsp3) is 0.111. The number of hydrogen-bond donors (Lipinski definition) is 2. The van der Waals surface area contributed by atoms with Gasteiger partial charge in [0.15, 0.2) is 18.2 Å². The predicted octanol–water partition coefficient (Wildman–Crippen LogP) is 1.16. The molecule has 3 N–H and O–H groups in total. The second kappa shape index (κ2) is 5.45. The zero-order valence-electron chi connectivity index (χ0n) is 8.00. The molecule has 3 amide bonds. The lowest BCUT2D eigenvalue weighted by Gasteiger charge is -2.06. The van der Waals surface area contributed by atoms with E-state index in [4.69, 9.17) is 10.5 Å². The Morgan fingerprint density at radius 3 is 2.81 bits per heavy atom. The van der Waals surface area contributed by atoms with Crippen molar-refractivity contribution in [2.45, 2.75) is 0 Å². The van der Waals surface area contributed by atoms with Crippen molar-refractivity contribution in [1.29, 1.82) is 0 Å². The second-order valence-electron chi connectivity index (χ2n) is 2.78. The maximum atomic E-state index is 13.1. The second-order valence-corrected chi connectivity index (χ2v) is 3.69. The van der Waals surface area contributed by atoms with Crippen LogP contribution in [0.2, 0.25) is 0 Å². The highest BCUT2D eigenvalue weighted by atomic mass is 79.9. The standard InChI is InChI=1S/C9H8BrFN2O3/c10-5-1-2-6(11)7(3-5)16-4-8(14)13-9(12)15/h1-3H,4H2,(H3,12,13,14,15). The summed E-state index contributed by atoms with van der Waals surface area (Å²) in [5, 5.41) is 1.79. The fourth-order valence-corrected chi connectivity index (χ4v) is 1.24. The molecule has 0 saturated heterocycles. The van der Waals surface area contributed by atoms with Crippen molar-refractivity contribution in [2.75, 3.05) is 6.61 Å². The molecule has 0 heterocycles. The fourth-order valence-electron chi connectivity index (χ4n) is 0.905. The number of amides is 3. The van der Waals surface area contributed by atoms with Gasteiger partial charge in [0.05, 0.1) is 0 Å². The average molecular weight is 291 g/mol. The first-order valence-corrected chi connectivity index (χ1v) is 4.95. The summed E-state index contributed by atoms with van der Waals surface area (Å²) in [6, 6.07) is 3.06. The summed E-state index contributed by atoms with van der Waals surface area (Å²) in [6.07, 6.45) is 0. The van der Waals surface area contributed by atoms with Crippen LogP contribution in [-0.2, 0) is 4.79 Å². The third kappa shape index (κ3) is 3.85. The van der Waals surface area contributed by atoms with E-state index in [0.717, 1.165) is 0 Å². The number of nitrogens with one attached hydrogen (secondary N) is 1. The van der Waals surface area contributed by atoms with E-state index in [2.05, 4.69) is 15.9 Å². The van der Waals surface area contributed by atoms with Crippen LogP contribution < -0.4 is 15.8 Å². The maximum Gasteiger partial charge on any atom is 0.318 e. The molecule has 0 radical (unpaired) electrons. The lowest BCUT2D eigenvalue weighted by atomic mass is 10.3. The molecule has 0 aliphatic heterocycles. The van der Waals surface area contributed by atoms with Crippen LogP contribution in [0, 0.1) is 5.82 Å². The summed E-state index contributed by atoms with van der Waals surface area (Å²) in [5.41, 5.74) is 4.71. The van der Waals surface area contributed by atoms with Gasteiger partial charge in [0, 0.05) is 4.47 Å². The molecular formula is C9H8BrFN2O3. The Morgan fingerprint density at radius 2 is 2.19 bits per heavy atom. The topological polar surface area (TPSA) is 81.4 Å².